The average Bonchev–Trinajstić information content (AvgIpc) is 2.47. The predicted octanol–water partition coefficient (Wildman–Crippen LogP) is 3.44. The summed E-state index contributed by atoms with van der Waals surface area (Å²) in [5, 5.41) is 0. The van der Waals surface area contributed by atoms with Gasteiger partial charge in [0.2, 0.25) is 0 Å². The van der Waals surface area contributed by atoms with E-state index in [0.29, 0.717) is 5.92 Å². The van der Waals surface area contributed by atoms with Gasteiger partial charge in [0.25, 0.3) is 0 Å². The molecule has 0 amide bonds. The molecule has 2 heteroatoms. The summed E-state index contributed by atoms with van der Waals surface area (Å²) in [6, 6.07) is 8.55. The monoisotopic (exact) mass is 259 g/mol. The lowest BCUT2D eigenvalue weighted by atomic mass is 9.77. The fraction of sp³-hybridized carbons (Fsp3) is 0.588. The van der Waals surface area contributed by atoms with Gasteiger partial charge >= 0.3 is 0 Å². The maximum absolute atomic E-state index is 11.5. The van der Waals surface area contributed by atoms with E-state index in [9.17, 15) is 4.79 Å². The van der Waals surface area contributed by atoms with Gasteiger partial charge in [-0.1, -0.05) is 43.5 Å². The summed E-state index contributed by atoms with van der Waals surface area (Å²) < 4.78 is 0. The molecule has 1 aliphatic rings. The molecule has 0 saturated heterocycles. The van der Waals surface area contributed by atoms with Gasteiger partial charge in [0.1, 0.15) is 6.29 Å². The van der Waals surface area contributed by atoms with Crippen molar-refractivity contribution in [2.24, 2.45) is 11.7 Å². The van der Waals surface area contributed by atoms with E-state index < -0.39 is 0 Å². The van der Waals surface area contributed by atoms with Crippen molar-refractivity contribution in [3.8, 4) is 0 Å². The van der Waals surface area contributed by atoms with Crippen LogP contribution in [-0.4, -0.2) is 12.8 Å². The molecule has 1 aliphatic carbocycles. The maximum Gasteiger partial charge on any atom is 0.127 e. The number of nitrogens with two attached hydrogens (primary N) is 1. The van der Waals surface area contributed by atoms with Gasteiger partial charge in [-0.05, 0) is 49.3 Å². The zero-order chi connectivity index (χ0) is 13.5. The minimum absolute atomic E-state index is 0.0955. The molecule has 0 bridgehead atoms. The lowest BCUT2D eigenvalue weighted by molar-refractivity contribution is -0.110. The zero-order valence-electron chi connectivity index (χ0n) is 11.7. The van der Waals surface area contributed by atoms with Crippen LogP contribution in [-0.2, 0) is 11.2 Å². The Hall–Kier alpha value is -1.15. The lowest BCUT2D eigenvalue weighted by Gasteiger charge is -2.27. The third-order valence-corrected chi connectivity index (χ3v) is 4.31. The fourth-order valence-electron chi connectivity index (χ4n) is 3.22. The Morgan fingerprint density at radius 2 is 2.05 bits per heavy atom. The molecule has 1 unspecified atom stereocenters. The lowest BCUT2D eigenvalue weighted by Crippen LogP contribution is -2.17. The number of benzene rings is 1. The van der Waals surface area contributed by atoms with Crippen molar-refractivity contribution in [1.82, 2.24) is 0 Å². The molecule has 0 aromatic heterocycles. The second-order valence-corrected chi connectivity index (χ2v) is 5.70. The van der Waals surface area contributed by atoms with Gasteiger partial charge in [0.15, 0.2) is 0 Å². The number of carbonyl (C=O) groups is 1. The number of aryl methyl sites for hydroxylation is 1. The molecule has 0 aliphatic heterocycles. The van der Waals surface area contributed by atoms with Gasteiger partial charge in [0, 0.05) is 5.92 Å². The van der Waals surface area contributed by atoms with E-state index in [1.54, 1.807) is 0 Å². The Morgan fingerprint density at radius 1 is 1.26 bits per heavy atom. The molecule has 1 fully saturated rings. The normalized spacial score (nSPS) is 18.2. The summed E-state index contributed by atoms with van der Waals surface area (Å²) in [7, 11) is 0. The Labute approximate surface area is 116 Å². The molecule has 0 radical (unpaired) electrons. The minimum Gasteiger partial charge on any atom is -0.330 e. The molecule has 1 aromatic carbocycles. The van der Waals surface area contributed by atoms with E-state index in [0.717, 1.165) is 25.7 Å². The number of carbonyl (C=O) groups excluding carboxylic acids is 1. The van der Waals surface area contributed by atoms with E-state index in [4.69, 9.17) is 5.73 Å². The van der Waals surface area contributed by atoms with E-state index in [2.05, 4.69) is 24.3 Å². The maximum atomic E-state index is 11.5. The van der Waals surface area contributed by atoms with Crippen LogP contribution in [0.1, 0.15) is 55.6 Å². The topological polar surface area (TPSA) is 43.1 Å². The molecule has 1 aromatic rings. The van der Waals surface area contributed by atoms with E-state index >= 15 is 0 Å². The number of hydrogen-bond acceptors (Lipinski definition) is 2. The van der Waals surface area contributed by atoms with Crippen LogP contribution in [0.3, 0.4) is 0 Å². The van der Waals surface area contributed by atoms with Crippen molar-refractivity contribution >= 4 is 6.29 Å². The number of rotatable bonds is 6. The zero-order valence-corrected chi connectivity index (χ0v) is 11.7. The van der Waals surface area contributed by atoms with Crippen LogP contribution in [0.5, 0.6) is 0 Å². The third kappa shape index (κ3) is 3.90. The largest absolute Gasteiger partial charge is 0.330 e. The molecule has 2 rings (SSSR count). The molecule has 104 valence electrons. The summed E-state index contributed by atoms with van der Waals surface area (Å²) >= 11 is 0. The molecule has 0 heterocycles. The van der Waals surface area contributed by atoms with Crippen molar-refractivity contribution in [1.29, 1.82) is 0 Å². The highest BCUT2D eigenvalue weighted by molar-refractivity contribution is 5.63. The van der Waals surface area contributed by atoms with E-state index in [1.165, 1.54) is 43.2 Å². The van der Waals surface area contributed by atoms with Gasteiger partial charge in [-0.15, -0.1) is 0 Å². The Kier molecular flexibility index (Phi) is 5.59. The smallest absolute Gasteiger partial charge is 0.127 e. The second kappa shape index (κ2) is 7.44. The molecular formula is C17H25NO. The fourth-order valence-corrected chi connectivity index (χ4v) is 3.22. The summed E-state index contributed by atoms with van der Waals surface area (Å²) in [5.74, 6) is 0.647. The molecule has 19 heavy (non-hydrogen) atoms. The van der Waals surface area contributed by atoms with Gasteiger partial charge < -0.3 is 10.5 Å². The first-order chi connectivity index (χ1) is 9.35. The van der Waals surface area contributed by atoms with Crippen LogP contribution >= 0.6 is 0 Å². The molecule has 2 nitrogen and oxygen atoms in total. The van der Waals surface area contributed by atoms with Gasteiger partial charge in [-0.2, -0.15) is 0 Å². The Bertz CT molecular complexity index is 396. The summed E-state index contributed by atoms with van der Waals surface area (Å²) in [6.07, 6.45) is 9.49. The summed E-state index contributed by atoms with van der Waals surface area (Å²) in [5.41, 5.74) is 8.08. The van der Waals surface area contributed by atoms with Crippen LogP contribution in [0.25, 0.3) is 0 Å². The molecule has 1 atom stereocenters. The van der Waals surface area contributed by atoms with Gasteiger partial charge in [-0.25, -0.2) is 0 Å². The first kappa shape index (κ1) is 14.3. The minimum atomic E-state index is 0.0955. The Morgan fingerprint density at radius 3 is 2.74 bits per heavy atom. The van der Waals surface area contributed by atoms with Crippen LogP contribution in [0.15, 0.2) is 24.3 Å². The SMILES string of the molecule is NCCCc1cccc(C(C=O)C2CCCCC2)c1. The predicted molar refractivity (Wildman–Crippen MR) is 79.2 cm³/mol. The first-order valence-corrected chi connectivity index (χ1v) is 7.59. The van der Waals surface area contributed by atoms with Crippen molar-refractivity contribution in [3.05, 3.63) is 35.4 Å². The molecule has 2 N–H and O–H groups in total. The number of aldehydes is 1. The highest BCUT2D eigenvalue weighted by atomic mass is 16.1. The van der Waals surface area contributed by atoms with Crippen LogP contribution in [0.4, 0.5) is 0 Å². The second-order valence-electron chi connectivity index (χ2n) is 5.70. The average molecular weight is 259 g/mol. The van der Waals surface area contributed by atoms with Crippen molar-refractivity contribution in [2.45, 2.75) is 50.9 Å². The summed E-state index contributed by atoms with van der Waals surface area (Å²) in [4.78, 5) is 11.5. The molecule has 0 spiro atoms. The Balaban J connectivity index is 2.10. The molecular weight excluding hydrogens is 234 g/mol. The van der Waals surface area contributed by atoms with Crippen molar-refractivity contribution < 1.29 is 4.79 Å². The number of hydrogen-bond donors (Lipinski definition) is 1. The highest BCUT2D eigenvalue weighted by Gasteiger charge is 2.24. The first-order valence-electron chi connectivity index (χ1n) is 7.59. The standard InChI is InChI=1S/C17H25NO/c18-11-5-7-14-6-4-10-16(12-14)17(13-19)15-8-2-1-3-9-15/h4,6,10,12-13,15,17H,1-3,5,7-9,11,18H2. The van der Waals surface area contributed by atoms with Crippen LogP contribution in [0, 0.1) is 5.92 Å². The quantitative estimate of drug-likeness (QED) is 0.795. The molecule has 1 saturated carbocycles. The van der Waals surface area contributed by atoms with Crippen LogP contribution in [0.2, 0.25) is 0 Å². The van der Waals surface area contributed by atoms with Gasteiger partial charge in [-0.3, -0.25) is 0 Å². The van der Waals surface area contributed by atoms with Crippen molar-refractivity contribution in [3.63, 3.8) is 0 Å². The van der Waals surface area contributed by atoms with Gasteiger partial charge in [0.05, 0.1) is 0 Å². The van der Waals surface area contributed by atoms with E-state index in [-0.39, 0.29) is 5.92 Å². The summed E-state index contributed by atoms with van der Waals surface area (Å²) in [6.45, 7) is 0.726. The van der Waals surface area contributed by atoms with Crippen molar-refractivity contribution in [2.75, 3.05) is 6.54 Å². The third-order valence-electron chi connectivity index (χ3n) is 4.31. The van der Waals surface area contributed by atoms with Crippen LogP contribution < -0.4 is 5.73 Å². The highest BCUT2D eigenvalue weighted by Crippen LogP contribution is 2.35. The van der Waals surface area contributed by atoms with E-state index in [1.807, 2.05) is 0 Å².